The number of amides is 1. The van der Waals surface area contributed by atoms with E-state index in [1.54, 1.807) is 27.2 Å². The van der Waals surface area contributed by atoms with E-state index in [1.807, 2.05) is 12.1 Å². The molecule has 0 aromatic heterocycles. The summed E-state index contributed by atoms with van der Waals surface area (Å²) in [6.07, 6.45) is 0.404. The van der Waals surface area contributed by atoms with Crippen LogP contribution in [0.4, 0.5) is 0 Å². The second kappa shape index (κ2) is 4.91. The molecule has 0 unspecified atom stereocenters. The van der Waals surface area contributed by atoms with Crippen molar-refractivity contribution in [2.24, 2.45) is 0 Å². The molecule has 1 aromatic rings. The Labute approximate surface area is 111 Å². The molecular formula is C14H17NO4. The summed E-state index contributed by atoms with van der Waals surface area (Å²) in [5.41, 5.74) is 0.0900. The van der Waals surface area contributed by atoms with Crippen molar-refractivity contribution < 1.29 is 19.1 Å². The Hall–Kier alpha value is -2.04. The number of benzene rings is 1. The summed E-state index contributed by atoms with van der Waals surface area (Å²) in [4.78, 5) is 23.2. The zero-order chi connectivity index (χ0) is 14.0. The molecule has 1 amide bonds. The van der Waals surface area contributed by atoms with Gasteiger partial charge >= 0.3 is 0 Å². The van der Waals surface area contributed by atoms with Crippen molar-refractivity contribution in [3.63, 3.8) is 0 Å². The molecule has 19 heavy (non-hydrogen) atoms. The molecule has 1 heterocycles. The molecule has 2 rings (SSSR count). The van der Waals surface area contributed by atoms with Gasteiger partial charge < -0.3 is 14.8 Å². The first-order chi connectivity index (χ1) is 8.98. The van der Waals surface area contributed by atoms with Crippen LogP contribution < -0.4 is 14.8 Å². The first-order valence-corrected chi connectivity index (χ1v) is 6.04. The number of ketones is 1. The number of ether oxygens (including phenoxy) is 2. The minimum Gasteiger partial charge on any atom is -0.493 e. The first kappa shape index (κ1) is 13.4. The lowest BCUT2D eigenvalue weighted by Crippen LogP contribution is -2.45. The second-order valence-corrected chi connectivity index (χ2v) is 4.85. The van der Waals surface area contributed by atoms with Crippen LogP contribution in [0.1, 0.15) is 18.9 Å². The molecule has 0 aliphatic carbocycles. The van der Waals surface area contributed by atoms with Crippen molar-refractivity contribution >= 4 is 11.7 Å². The van der Waals surface area contributed by atoms with Gasteiger partial charge in [-0.3, -0.25) is 9.59 Å². The van der Waals surface area contributed by atoms with Crippen LogP contribution in [0.2, 0.25) is 0 Å². The van der Waals surface area contributed by atoms with Crippen LogP contribution in [-0.4, -0.2) is 31.4 Å². The van der Waals surface area contributed by atoms with Crippen LogP contribution in [0.25, 0.3) is 0 Å². The number of hydrogen-bond donors (Lipinski definition) is 1. The van der Waals surface area contributed by atoms with Gasteiger partial charge in [0.15, 0.2) is 17.3 Å². The van der Waals surface area contributed by atoms with Crippen LogP contribution in [0, 0.1) is 0 Å². The van der Waals surface area contributed by atoms with Gasteiger partial charge in [0, 0.05) is 6.42 Å². The van der Waals surface area contributed by atoms with E-state index in [0.29, 0.717) is 17.9 Å². The van der Waals surface area contributed by atoms with E-state index in [0.717, 1.165) is 5.56 Å². The third-order valence-corrected chi connectivity index (χ3v) is 3.36. The molecule has 0 radical (unpaired) electrons. The van der Waals surface area contributed by atoms with Gasteiger partial charge in [0.2, 0.25) is 5.91 Å². The third-order valence-electron chi connectivity index (χ3n) is 3.36. The van der Waals surface area contributed by atoms with Gasteiger partial charge in [-0.2, -0.15) is 0 Å². The molecule has 5 nitrogen and oxygen atoms in total. The maximum atomic E-state index is 11.8. The lowest BCUT2D eigenvalue weighted by atomic mass is 9.90. The third kappa shape index (κ3) is 2.54. The monoisotopic (exact) mass is 263 g/mol. The predicted octanol–water partition coefficient (Wildman–Crippen LogP) is 1.09. The normalized spacial score (nSPS) is 22.3. The number of carbonyl (C=O) groups is 2. The predicted molar refractivity (Wildman–Crippen MR) is 69.4 cm³/mol. The standard InChI is InChI=1S/C14H17NO4/c1-14(12(16)7-13(17)15-14)8-9-4-5-10(18-2)11(6-9)19-3/h4-6H,7-8H2,1-3H3,(H,15,17)/t14-/m0/s1. The Morgan fingerprint density at radius 3 is 2.42 bits per heavy atom. The minimum atomic E-state index is -0.823. The number of methoxy groups -OCH3 is 2. The van der Waals surface area contributed by atoms with E-state index in [-0.39, 0.29) is 18.1 Å². The zero-order valence-corrected chi connectivity index (χ0v) is 11.3. The summed E-state index contributed by atoms with van der Waals surface area (Å²) in [7, 11) is 3.13. The average molecular weight is 263 g/mol. The maximum Gasteiger partial charge on any atom is 0.228 e. The van der Waals surface area contributed by atoms with Crippen LogP contribution >= 0.6 is 0 Å². The highest BCUT2D eigenvalue weighted by Crippen LogP contribution is 2.30. The van der Waals surface area contributed by atoms with E-state index in [9.17, 15) is 9.59 Å². The number of nitrogens with one attached hydrogen (secondary N) is 1. The van der Waals surface area contributed by atoms with Crippen LogP contribution in [-0.2, 0) is 16.0 Å². The van der Waals surface area contributed by atoms with E-state index in [1.165, 1.54) is 0 Å². The number of hydrogen-bond acceptors (Lipinski definition) is 4. The molecule has 0 bridgehead atoms. The number of carbonyl (C=O) groups excluding carboxylic acids is 2. The molecule has 1 atom stereocenters. The van der Waals surface area contributed by atoms with Gasteiger partial charge in [0.1, 0.15) is 5.54 Å². The van der Waals surface area contributed by atoms with Crippen molar-refractivity contribution in [2.75, 3.05) is 14.2 Å². The summed E-state index contributed by atoms with van der Waals surface area (Å²) < 4.78 is 10.4. The van der Waals surface area contributed by atoms with Crippen molar-refractivity contribution in [3.8, 4) is 11.5 Å². The van der Waals surface area contributed by atoms with E-state index in [2.05, 4.69) is 5.32 Å². The molecule has 0 saturated carbocycles. The van der Waals surface area contributed by atoms with Crippen molar-refractivity contribution in [1.29, 1.82) is 0 Å². The summed E-state index contributed by atoms with van der Waals surface area (Å²) in [6.45, 7) is 1.75. The second-order valence-electron chi connectivity index (χ2n) is 4.85. The topological polar surface area (TPSA) is 64.6 Å². The quantitative estimate of drug-likeness (QED) is 0.826. The van der Waals surface area contributed by atoms with Gasteiger partial charge in [-0.1, -0.05) is 6.07 Å². The molecule has 0 spiro atoms. The number of rotatable bonds is 4. The maximum absolute atomic E-state index is 11.8. The van der Waals surface area contributed by atoms with Crippen molar-refractivity contribution in [1.82, 2.24) is 5.32 Å². The van der Waals surface area contributed by atoms with Gasteiger partial charge in [0.25, 0.3) is 0 Å². The highest BCUT2D eigenvalue weighted by Gasteiger charge is 2.41. The van der Waals surface area contributed by atoms with Gasteiger partial charge in [-0.05, 0) is 24.6 Å². The largest absolute Gasteiger partial charge is 0.493 e. The number of Topliss-reactive ketones (excluding diaryl/α,β-unsaturated/α-hetero) is 1. The highest BCUT2D eigenvalue weighted by molar-refractivity contribution is 6.10. The average Bonchev–Trinajstić information content (AvgIpc) is 2.62. The van der Waals surface area contributed by atoms with Gasteiger partial charge in [-0.15, -0.1) is 0 Å². The summed E-state index contributed by atoms with van der Waals surface area (Å²) in [6, 6.07) is 5.48. The SMILES string of the molecule is COc1ccc(C[C@]2(C)NC(=O)CC2=O)cc1OC. The highest BCUT2D eigenvalue weighted by atomic mass is 16.5. The summed E-state index contributed by atoms with van der Waals surface area (Å²) in [5.74, 6) is 0.957. The van der Waals surface area contributed by atoms with Crippen LogP contribution in [0.3, 0.4) is 0 Å². The smallest absolute Gasteiger partial charge is 0.228 e. The molecule has 102 valence electrons. The lowest BCUT2D eigenvalue weighted by Gasteiger charge is -2.22. The van der Waals surface area contributed by atoms with Crippen LogP contribution in [0.15, 0.2) is 18.2 Å². The Balaban J connectivity index is 2.24. The molecule has 5 heteroatoms. The fraction of sp³-hybridized carbons (Fsp3) is 0.429. The van der Waals surface area contributed by atoms with Gasteiger partial charge in [-0.25, -0.2) is 0 Å². The Kier molecular flexibility index (Phi) is 3.46. The molecular weight excluding hydrogens is 246 g/mol. The molecule has 1 fully saturated rings. The van der Waals surface area contributed by atoms with Crippen LogP contribution in [0.5, 0.6) is 11.5 Å². The fourth-order valence-electron chi connectivity index (χ4n) is 2.30. The zero-order valence-electron chi connectivity index (χ0n) is 11.3. The molecule has 1 aliphatic heterocycles. The van der Waals surface area contributed by atoms with Crippen molar-refractivity contribution in [3.05, 3.63) is 23.8 Å². The summed E-state index contributed by atoms with van der Waals surface area (Å²) >= 11 is 0. The Bertz CT molecular complexity index is 526. The lowest BCUT2D eigenvalue weighted by molar-refractivity contribution is -0.123. The Morgan fingerprint density at radius 1 is 1.21 bits per heavy atom. The minimum absolute atomic E-state index is 0.0379. The molecule has 1 saturated heterocycles. The molecule has 1 aliphatic rings. The molecule has 1 aromatic carbocycles. The molecule has 1 N–H and O–H groups in total. The van der Waals surface area contributed by atoms with E-state index >= 15 is 0 Å². The van der Waals surface area contributed by atoms with E-state index in [4.69, 9.17) is 9.47 Å². The Morgan fingerprint density at radius 2 is 1.89 bits per heavy atom. The summed E-state index contributed by atoms with van der Waals surface area (Å²) in [5, 5.41) is 2.73. The fourth-order valence-corrected chi connectivity index (χ4v) is 2.30. The van der Waals surface area contributed by atoms with Gasteiger partial charge in [0.05, 0.1) is 20.6 Å². The first-order valence-electron chi connectivity index (χ1n) is 6.04. The van der Waals surface area contributed by atoms with E-state index < -0.39 is 5.54 Å². The van der Waals surface area contributed by atoms with Crippen molar-refractivity contribution in [2.45, 2.75) is 25.3 Å².